The van der Waals surface area contributed by atoms with Crippen LogP contribution in [0.4, 0.5) is 13.2 Å². The van der Waals surface area contributed by atoms with E-state index in [1.807, 2.05) is 36.0 Å². The molecule has 0 spiro atoms. The van der Waals surface area contributed by atoms with Gasteiger partial charge in [0.25, 0.3) is 0 Å². The smallest absolute Gasteiger partial charge is 0.303 e. The Hall–Kier alpha value is -2.74. The second-order valence-electron chi connectivity index (χ2n) is 8.20. The number of hydrogen-bond donors (Lipinski definition) is 0. The molecule has 4 rings (SSSR count). The zero-order chi connectivity index (χ0) is 22.0. The summed E-state index contributed by atoms with van der Waals surface area (Å²) in [5, 5.41) is 6.22. The molecule has 1 aromatic carbocycles. The van der Waals surface area contributed by atoms with Crippen molar-refractivity contribution >= 4 is 16.6 Å². The van der Waals surface area contributed by atoms with E-state index in [2.05, 4.69) is 16.1 Å². The Morgan fingerprint density at radius 2 is 1.90 bits per heavy atom. The van der Waals surface area contributed by atoms with E-state index in [1.54, 1.807) is 17.3 Å². The Labute approximate surface area is 178 Å². The summed E-state index contributed by atoms with van der Waals surface area (Å²) in [7, 11) is 1.89. The van der Waals surface area contributed by atoms with E-state index in [4.69, 9.17) is 0 Å². The highest BCUT2D eigenvalue weighted by Crippen LogP contribution is 2.26. The number of halogens is 3. The van der Waals surface area contributed by atoms with Gasteiger partial charge in [0.15, 0.2) is 0 Å². The van der Waals surface area contributed by atoms with Gasteiger partial charge in [-0.3, -0.25) is 14.5 Å². The highest BCUT2D eigenvalue weighted by Gasteiger charge is 2.30. The maximum atomic E-state index is 12.8. The average Bonchev–Trinajstić information content (AvgIpc) is 3.17. The Bertz CT molecular complexity index is 1070. The number of fused-ring (bicyclic) bond motifs is 1. The van der Waals surface area contributed by atoms with Gasteiger partial charge in [-0.15, -0.1) is 0 Å². The van der Waals surface area contributed by atoms with Crippen molar-refractivity contribution in [1.82, 2.24) is 19.7 Å². The Balaban J connectivity index is 1.39. The van der Waals surface area contributed by atoms with Gasteiger partial charge in [-0.25, -0.2) is 0 Å². The fourth-order valence-electron chi connectivity index (χ4n) is 4.19. The number of aryl methyl sites for hydroxylation is 1. The van der Waals surface area contributed by atoms with E-state index in [0.29, 0.717) is 25.9 Å². The summed E-state index contributed by atoms with van der Waals surface area (Å²) in [6.07, 6.45) is 0.0662. The van der Waals surface area contributed by atoms with E-state index >= 15 is 0 Å². The molecule has 0 N–H and O–H groups in total. The number of Topliss-reactive ketones (excluding diaryl/α,β-unsaturated/α-hetero) is 1. The van der Waals surface area contributed by atoms with Crippen LogP contribution in [0.5, 0.6) is 0 Å². The summed E-state index contributed by atoms with van der Waals surface area (Å²) in [6, 6.07) is 10.0. The third-order valence-electron chi connectivity index (χ3n) is 6.00. The number of rotatable bonds is 6. The SMILES string of the molecule is Cn1nccc1-c1ccc2cnc(CC(=O)C3CCN(CCC(F)(F)F)CC3)cc2c1. The Morgan fingerprint density at radius 3 is 2.58 bits per heavy atom. The van der Waals surface area contributed by atoms with Gasteiger partial charge in [0, 0.05) is 55.0 Å². The molecule has 1 fully saturated rings. The van der Waals surface area contributed by atoms with Crippen LogP contribution in [0.25, 0.3) is 22.0 Å². The summed E-state index contributed by atoms with van der Waals surface area (Å²) in [6.45, 7) is 1.08. The first-order valence-electron chi connectivity index (χ1n) is 10.5. The lowest BCUT2D eigenvalue weighted by atomic mass is 9.90. The van der Waals surface area contributed by atoms with Crippen LogP contribution in [0.1, 0.15) is 25.0 Å². The molecule has 1 saturated heterocycles. The minimum atomic E-state index is -4.13. The number of piperidine rings is 1. The summed E-state index contributed by atoms with van der Waals surface area (Å²) < 4.78 is 39.0. The van der Waals surface area contributed by atoms with Crippen LogP contribution in [0.15, 0.2) is 42.7 Å². The van der Waals surface area contributed by atoms with Crippen LogP contribution in [0, 0.1) is 5.92 Å². The lowest BCUT2D eigenvalue weighted by molar-refractivity contribution is -0.139. The molecule has 5 nitrogen and oxygen atoms in total. The fraction of sp³-hybridized carbons (Fsp3) is 0.435. The quantitative estimate of drug-likeness (QED) is 0.581. The molecule has 31 heavy (non-hydrogen) atoms. The molecule has 0 aliphatic carbocycles. The molecule has 3 heterocycles. The van der Waals surface area contributed by atoms with E-state index in [0.717, 1.165) is 27.7 Å². The number of likely N-dealkylation sites (tertiary alicyclic amines) is 1. The van der Waals surface area contributed by atoms with E-state index in [9.17, 15) is 18.0 Å². The highest BCUT2D eigenvalue weighted by molar-refractivity contribution is 5.88. The van der Waals surface area contributed by atoms with Crippen LogP contribution in [0.2, 0.25) is 0 Å². The number of pyridine rings is 1. The number of alkyl halides is 3. The first-order chi connectivity index (χ1) is 14.8. The third kappa shape index (κ3) is 5.31. The zero-order valence-electron chi connectivity index (χ0n) is 17.4. The largest absolute Gasteiger partial charge is 0.390 e. The van der Waals surface area contributed by atoms with Crippen molar-refractivity contribution in [2.75, 3.05) is 19.6 Å². The normalized spacial score (nSPS) is 16.1. The number of nitrogens with zero attached hydrogens (tertiary/aromatic N) is 4. The van der Waals surface area contributed by atoms with Gasteiger partial charge in [0.05, 0.1) is 12.1 Å². The molecule has 2 aromatic heterocycles. The van der Waals surface area contributed by atoms with Crippen LogP contribution in [-0.4, -0.2) is 51.3 Å². The molecule has 0 unspecified atom stereocenters. The van der Waals surface area contributed by atoms with Crippen molar-refractivity contribution in [2.24, 2.45) is 13.0 Å². The molecule has 1 aliphatic rings. The van der Waals surface area contributed by atoms with Crippen LogP contribution >= 0.6 is 0 Å². The molecule has 3 aromatic rings. The molecule has 8 heteroatoms. The topological polar surface area (TPSA) is 51.0 Å². The molecule has 0 radical (unpaired) electrons. The van der Waals surface area contributed by atoms with Crippen LogP contribution < -0.4 is 0 Å². The van der Waals surface area contributed by atoms with Gasteiger partial charge in [0.2, 0.25) is 0 Å². The monoisotopic (exact) mass is 430 g/mol. The molecule has 0 atom stereocenters. The predicted octanol–water partition coefficient (Wildman–Crippen LogP) is 4.41. The molecule has 0 amide bonds. The highest BCUT2D eigenvalue weighted by atomic mass is 19.4. The second kappa shape index (κ2) is 8.78. The lowest BCUT2D eigenvalue weighted by Gasteiger charge is -2.31. The zero-order valence-corrected chi connectivity index (χ0v) is 17.4. The number of ketones is 1. The van der Waals surface area contributed by atoms with E-state index in [-0.39, 0.29) is 24.7 Å². The Morgan fingerprint density at radius 1 is 1.13 bits per heavy atom. The molecule has 0 saturated carbocycles. The standard InChI is InChI=1S/C23H25F3N4O/c1-29-21(4-8-28-29)17-2-3-18-15-27-20(13-19(18)12-17)14-22(31)16-5-9-30(10-6-16)11-7-23(24,25)26/h2-4,8,12-13,15-16H,5-7,9-11,14H2,1H3. The average molecular weight is 430 g/mol. The summed E-state index contributed by atoms with van der Waals surface area (Å²) in [5.41, 5.74) is 2.77. The third-order valence-corrected chi connectivity index (χ3v) is 6.00. The van der Waals surface area contributed by atoms with Gasteiger partial charge in [-0.2, -0.15) is 18.3 Å². The molecule has 164 valence electrons. The molecule has 0 bridgehead atoms. The fourth-order valence-corrected chi connectivity index (χ4v) is 4.19. The van der Waals surface area contributed by atoms with E-state index < -0.39 is 12.6 Å². The molecular formula is C23H25F3N4O. The van der Waals surface area contributed by atoms with Gasteiger partial charge >= 0.3 is 6.18 Å². The minimum Gasteiger partial charge on any atom is -0.303 e. The lowest BCUT2D eigenvalue weighted by Crippen LogP contribution is -2.38. The van der Waals surface area contributed by atoms with Gasteiger partial charge in [-0.1, -0.05) is 12.1 Å². The predicted molar refractivity (Wildman–Crippen MR) is 112 cm³/mol. The molecular weight excluding hydrogens is 405 g/mol. The van der Waals surface area contributed by atoms with E-state index in [1.165, 1.54) is 0 Å². The van der Waals surface area contributed by atoms with Crippen molar-refractivity contribution < 1.29 is 18.0 Å². The maximum Gasteiger partial charge on any atom is 0.390 e. The number of benzene rings is 1. The van der Waals surface area contributed by atoms with Crippen molar-refractivity contribution in [1.29, 1.82) is 0 Å². The van der Waals surface area contributed by atoms with Crippen LogP contribution in [-0.2, 0) is 18.3 Å². The first kappa shape index (κ1) is 21.5. The number of carbonyl (C=O) groups excluding carboxylic acids is 1. The molecule has 1 aliphatic heterocycles. The minimum absolute atomic E-state index is 0.00956. The number of carbonyl (C=O) groups is 1. The summed E-state index contributed by atoms with van der Waals surface area (Å²) in [5.74, 6) is 0.00511. The number of hydrogen-bond acceptors (Lipinski definition) is 4. The van der Waals surface area contributed by atoms with Crippen molar-refractivity contribution in [3.8, 4) is 11.3 Å². The summed E-state index contributed by atoms with van der Waals surface area (Å²) >= 11 is 0. The van der Waals surface area contributed by atoms with Crippen molar-refractivity contribution in [3.05, 3.63) is 48.4 Å². The second-order valence-corrected chi connectivity index (χ2v) is 8.20. The van der Waals surface area contributed by atoms with Crippen LogP contribution in [0.3, 0.4) is 0 Å². The first-order valence-corrected chi connectivity index (χ1v) is 10.5. The van der Waals surface area contributed by atoms with Gasteiger partial charge in [0.1, 0.15) is 5.78 Å². The maximum absolute atomic E-state index is 12.8. The summed E-state index contributed by atoms with van der Waals surface area (Å²) in [4.78, 5) is 19.0. The van der Waals surface area contributed by atoms with Gasteiger partial charge in [-0.05, 0) is 49.5 Å². The van der Waals surface area contributed by atoms with Crippen molar-refractivity contribution in [3.63, 3.8) is 0 Å². The number of aromatic nitrogens is 3. The Kier molecular flexibility index (Phi) is 6.09. The van der Waals surface area contributed by atoms with Gasteiger partial charge < -0.3 is 4.90 Å². The van der Waals surface area contributed by atoms with Crippen molar-refractivity contribution in [2.45, 2.75) is 31.9 Å².